The van der Waals surface area contributed by atoms with Crippen LogP contribution in [0, 0.1) is 0 Å². The number of ether oxygens (including phenoxy) is 2. The van der Waals surface area contributed by atoms with Crippen LogP contribution in [0.4, 0.5) is 4.79 Å². The summed E-state index contributed by atoms with van der Waals surface area (Å²) in [4.78, 5) is 11.9. The first-order valence-corrected chi connectivity index (χ1v) is 7.79. The molecule has 0 radical (unpaired) electrons. The lowest BCUT2D eigenvalue weighted by atomic mass is 10.0. The summed E-state index contributed by atoms with van der Waals surface area (Å²) in [6.07, 6.45) is -3.12. The molecule has 1 aromatic rings. The molecule has 1 fully saturated rings. The van der Waals surface area contributed by atoms with Gasteiger partial charge in [-0.2, -0.15) is 0 Å². The van der Waals surface area contributed by atoms with Gasteiger partial charge in [-0.3, -0.25) is 0 Å². The van der Waals surface area contributed by atoms with Gasteiger partial charge in [-0.15, -0.1) is 6.58 Å². The third-order valence-electron chi connectivity index (χ3n) is 3.84. The average Bonchev–Trinajstić information content (AvgIpc) is 2.81. The monoisotopic (exact) mass is 337 g/mol. The van der Waals surface area contributed by atoms with Crippen LogP contribution < -0.4 is 5.32 Å². The molecule has 4 N–H and O–H groups in total. The van der Waals surface area contributed by atoms with Crippen molar-refractivity contribution in [1.82, 2.24) is 5.32 Å². The summed E-state index contributed by atoms with van der Waals surface area (Å²) < 4.78 is 10.3. The maximum Gasteiger partial charge on any atom is 0.407 e. The predicted octanol–water partition coefficient (Wildman–Crippen LogP) is 0.687. The largest absolute Gasteiger partial charge is 0.445 e. The minimum absolute atomic E-state index is 0.146. The fourth-order valence-corrected chi connectivity index (χ4v) is 2.55. The topological polar surface area (TPSA) is 108 Å². The standard InChI is InChI=1S/C17H23NO6/c1-2-6-12(9-13-14(19)15(20)16(21)24-13)18-17(22)23-10-11-7-4-3-5-8-11/h2-5,7-8,12-16,19-21H,1,6,9-10H2,(H,18,22)/t12-,13+,14+,15+,16?/m0/s1. The summed E-state index contributed by atoms with van der Waals surface area (Å²) in [7, 11) is 0. The van der Waals surface area contributed by atoms with Gasteiger partial charge in [-0.25, -0.2) is 4.79 Å². The minimum atomic E-state index is -1.43. The zero-order chi connectivity index (χ0) is 17.5. The number of amides is 1. The molecular formula is C17H23NO6. The van der Waals surface area contributed by atoms with E-state index in [0.29, 0.717) is 6.42 Å². The minimum Gasteiger partial charge on any atom is -0.445 e. The molecule has 1 amide bonds. The van der Waals surface area contributed by atoms with Gasteiger partial charge in [-0.1, -0.05) is 36.4 Å². The summed E-state index contributed by atoms with van der Waals surface area (Å²) in [5.74, 6) is 0. The number of nitrogens with one attached hydrogen (secondary N) is 1. The second-order valence-electron chi connectivity index (χ2n) is 5.71. The highest BCUT2D eigenvalue weighted by atomic mass is 16.6. The number of hydrogen-bond acceptors (Lipinski definition) is 6. The van der Waals surface area contributed by atoms with Crippen LogP contribution >= 0.6 is 0 Å². The van der Waals surface area contributed by atoms with Gasteiger partial charge in [0, 0.05) is 6.04 Å². The molecule has 0 saturated carbocycles. The molecule has 1 aliphatic heterocycles. The molecule has 5 atom stereocenters. The first-order chi connectivity index (χ1) is 11.5. The zero-order valence-corrected chi connectivity index (χ0v) is 13.2. The molecule has 24 heavy (non-hydrogen) atoms. The molecule has 2 rings (SSSR count). The number of benzene rings is 1. The highest BCUT2D eigenvalue weighted by Gasteiger charge is 2.42. The number of aliphatic hydroxyl groups is 3. The van der Waals surface area contributed by atoms with Crippen LogP contribution in [0.3, 0.4) is 0 Å². The highest BCUT2D eigenvalue weighted by molar-refractivity contribution is 5.67. The van der Waals surface area contributed by atoms with Gasteiger partial charge < -0.3 is 30.1 Å². The van der Waals surface area contributed by atoms with Crippen molar-refractivity contribution in [3.63, 3.8) is 0 Å². The van der Waals surface area contributed by atoms with E-state index in [-0.39, 0.29) is 13.0 Å². The van der Waals surface area contributed by atoms with Crippen molar-refractivity contribution in [2.24, 2.45) is 0 Å². The molecule has 1 aromatic carbocycles. The van der Waals surface area contributed by atoms with E-state index in [4.69, 9.17) is 9.47 Å². The van der Waals surface area contributed by atoms with Gasteiger partial charge in [-0.05, 0) is 18.4 Å². The van der Waals surface area contributed by atoms with E-state index in [1.807, 2.05) is 30.3 Å². The van der Waals surface area contributed by atoms with Crippen LogP contribution in [0.2, 0.25) is 0 Å². The van der Waals surface area contributed by atoms with Gasteiger partial charge in [0.1, 0.15) is 18.8 Å². The summed E-state index contributed by atoms with van der Waals surface area (Å²) in [5.41, 5.74) is 0.869. The maximum absolute atomic E-state index is 11.9. The molecule has 132 valence electrons. The summed E-state index contributed by atoms with van der Waals surface area (Å²) >= 11 is 0. The molecule has 1 heterocycles. The summed E-state index contributed by atoms with van der Waals surface area (Å²) in [6, 6.07) is 8.88. The highest BCUT2D eigenvalue weighted by Crippen LogP contribution is 2.24. The van der Waals surface area contributed by atoms with Crippen LogP contribution in [0.1, 0.15) is 18.4 Å². The van der Waals surface area contributed by atoms with Crippen molar-refractivity contribution in [2.45, 2.75) is 50.1 Å². The lowest BCUT2D eigenvalue weighted by Crippen LogP contribution is -2.40. The van der Waals surface area contributed by atoms with Crippen LogP contribution in [0.15, 0.2) is 43.0 Å². The number of carbonyl (C=O) groups excluding carboxylic acids is 1. The fraction of sp³-hybridized carbons (Fsp3) is 0.471. The fourth-order valence-electron chi connectivity index (χ4n) is 2.55. The van der Waals surface area contributed by atoms with Gasteiger partial charge in [0.05, 0.1) is 6.10 Å². The average molecular weight is 337 g/mol. The first-order valence-electron chi connectivity index (χ1n) is 7.79. The first kappa shape index (κ1) is 18.4. The Morgan fingerprint density at radius 3 is 2.58 bits per heavy atom. The van der Waals surface area contributed by atoms with Gasteiger partial charge in [0.2, 0.25) is 0 Å². The molecule has 7 nitrogen and oxygen atoms in total. The van der Waals surface area contributed by atoms with Crippen molar-refractivity contribution < 1.29 is 29.6 Å². The molecule has 1 saturated heterocycles. The Balaban J connectivity index is 1.84. The Bertz CT molecular complexity index is 537. The second-order valence-corrected chi connectivity index (χ2v) is 5.71. The van der Waals surface area contributed by atoms with Crippen molar-refractivity contribution in [2.75, 3.05) is 0 Å². The van der Waals surface area contributed by atoms with Gasteiger partial charge in [0.25, 0.3) is 0 Å². The Morgan fingerprint density at radius 1 is 1.29 bits per heavy atom. The Hall–Kier alpha value is -1.93. The molecule has 0 aromatic heterocycles. The number of carbonyl (C=O) groups is 1. The van der Waals surface area contributed by atoms with E-state index in [1.54, 1.807) is 6.08 Å². The zero-order valence-electron chi connectivity index (χ0n) is 13.2. The number of rotatable bonds is 7. The van der Waals surface area contributed by atoms with Crippen LogP contribution in [-0.2, 0) is 16.1 Å². The second kappa shape index (κ2) is 8.79. The van der Waals surface area contributed by atoms with E-state index in [2.05, 4.69) is 11.9 Å². The molecular weight excluding hydrogens is 314 g/mol. The predicted molar refractivity (Wildman–Crippen MR) is 85.9 cm³/mol. The van der Waals surface area contributed by atoms with Crippen molar-refractivity contribution >= 4 is 6.09 Å². The number of alkyl carbamates (subject to hydrolysis) is 1. The van der Waals surface area contributed by atoms with Gasteiger partial charge >= 0.3 is 6.09 Å². The summed E-state index contributed by atoms with van der Waals surface area (Å²) in [5, 5.41) is 31.4. The molecule has 0 bridgehead atoms. The molecule has 1 aliphatic rings. The van der Waals surface area contributed by atoms with Crippen LogP contribution in [0.25, 0.3) is 0 Å². The third kappa shape index (κ3) is 5.04. The Labute approximate surface area is 140 Å². The van der Waals surface area contributed by atoms with Gasteiger partial charge in [0.15, 0.2) is 6.29 Å². The Kier molecular flexibility index (Phi) is 6.74. The molecule has 0 aliphatic carbocycles. The number of hydrogen-bond donors (Lipinski definition) is 4. The lowest BCUT2D eigenvalue weighted by Gasteiger charge is -2.22. The van der Waals surface area contributed by atoms with E-state index in [0.717, 1.165) is 5.56 Å². The van der Waals surface area contributed by atoms with Crippen molar-refractivity contribution in [1.29, 1.82) is 0 Å². The maximum atomic E-state index is 11.9. The van der Waals surface area contributed by atoms with E-state index < -0.39 is 36.7 Å². The normalized spacial score (nSPS) is 27.5. The van der Waals surface area contributed by atoms with Crippen LogP contribution in [0.5, 0.6) is 0 Å². The SMILES string of the molecule is C=CC[C@@H](C[C@H]1OC(O)[C@H](O)[C@@H]1O)NC(=O)OCc1ccccc1. The van der Waals surface area contributed by atoms with Crippen LogP contribution in [-0.4, -0.2) is 52.1 Å². The molecule has 1 unspecified atom stereocenters. The van der Waals surface area contributed by atoms with Crippen molar-refractivity contribution in [3.8, 4) is 0 Å². The smallest absolute Gasteiger partial charge is 0.407 e. The quantitative estimate of drug-likeness (QED) is 0.545. The third-order valence-corrected chi connectivity index (χ3v) is 3.84. The Morgan fingerprint density at radius 2 is 2.00 bits per heavy atom. The summed E-state index contributed by atoms with van der Waals surface area (Å²) in [6.45, 7) is 3.78. The molecule has 0 spiro atoms. The molecule has 7 heteroatoms. The van der Waals surface area contributed by atoms with E-state index >= 15 is 0 Å². The van der Waals surface area contributed by atoms with E-state index in [1.165, 1.54) is 0 Å². The van der Waals surface area contributed by atoms with Crippen molar-refractivity contribution in [3.05, 3.63) is 48.6 Å². The lowest BCUT2D eigenvalue weighted by molar-refractivity contribution is -0.128. The van der Waals surface area contributed by atoms with E-state index in [9.17, 15) is 20.1 Å². The number of aliphatic hydroxyl groups excluding tert-OH is 3.